The van der Waals surface area contributed by atoms with Crippen molar-refractivity contribution in [1.29, 1.82) is 0 Å². The molecule has 2 rings (SSSR count). The molecule has 0 saturated heterocycles. The van der Waals surface area contributed by atoms with E-state index in [4.69, 9.17) is 21.4 Å². The molecule has 0 fully saturated rings. The van der Waals surface area contributed by atoms with E-state index in [1.54, 1.807) is 12.1 Å². The van der Waals surface area contributed by atoms with Gasteiger partial charge in [0.25, 0.3) is 0 Å². The normalized spacial score (nSPS) is 25.0. The van der Waals surface area contributed by atoms with Crippen molar-refractivity contribution < 1.29 is 14.9 Å². The lowest BCUT2D eigenvalue weighted by molar-refractivity contribution is -0.0772. The van der Waals surface area contributed by atoms with Gasteiger partial charge < -0.3 is 14.9 Å². The molecule has 1 aromatic carbocycles. The van der Waals surface area contributed by atoms with E-state index in [-0.39, 0.29) is 12.6 Å². The van der Waals surface area contributed by atoms with Crippen LogP contribution in [0.25, 0.3) is 0 Å². The molecule has 0 aliphatic carbocycles. The predicted octanol–water partition coefficient (Wildman–Crippen LogP) is 1.84. The summed E-state index contributed by atoms with van der Waals surface area (Å²) < 4.78 is 5.99. The van der Waals surface area contributed by atoms with Crippen LogP contribution >= 0.6 is 11.6 Å². The molecule has 1 aliphatic rings. The predicted molar refractivity (Wildman–Crippen MR) is 74.6 cm³/mol. The van der Waals surface area contributed by atoms with E-state index in [1.165, 1.54) is 0 Å². The topological polar surface area (TPSA) is 52.9 Å². The Labute approximate surface area is 118 Å². The summed E-state index contributed by atoms with van der Waals surface area (Å²) in [4.78, 5) is 1.91. The smallest absolute Gasteiger partial charge is 0.144 e. The molecule has 19 heavy (non-hydrogen) atoms. The number of hydrogen-bond donors (Lipinski definition) is 2. The third-order valence-corrected chi connectivity index (χ3v) is 3.92. The van der Waals surface area contributed by atoms with Gasteiger partial charge in [-0.3, -0.25) is 4.90 Å². The number of para-hydroxylation sites is 1. The lowest BCUT2D eigenvalue weighted by Crippen LogP contribution is -2.57. The third kappa shape index (κ3) is 2.58. The fourth-order valence-corrected chi connectivity index (χ4v) is 3.03. The molecule has 1 heterocycles. The van der Waals surface area contributed by atoms with Gasteiger partial charge in [0.2, 0.25) is 0 Å². The molecule has 2 N–H and O–H groups in total. The number of aliphatic hydroxyl groups excluding tert-OH is 2. The Morgan fingerprint density at radius 3 is 2.74 bits per heavy atom. The Bertz CT molecular complexity index is 464. The largest absolute Gasteiger partial charge is 0.484 e. The first-order valence-electron chi connectivity index (χ1n) is 6.35. The van der Waals surface area contributed by atoms with Crippen molar-refractivity contribution in [3.05, 3.63) is 28.8 Å². The molecule has 1 aromatic rings. The van der Waals surface area contributed by atoms with Gasteiger partial charge in [0, 0.05) is 12.1 Å². The van der Waals surface area contributed by atoms with Gasteiger partial charge in [0.05, 0.1) is 17.7 Å². The number of rotatable bonds is 3. The maximum atomic E-state index is 10.6. The summed E-state index contributed by atoms with van der Waals surface area (Å²) in [7, 11) is 1.87. The lowest BCUT2D eigenvalue weighted by Gasteiger charge is -2.47. The van der Waals surface area contributed by atoms with Crippen LogP contribution in [0.1, 0.15) is 25.5 Å². The van der Waals surface area contributed by atoms with Crippen LogP contribution in [-0.4, -0.2) is 47.0 Å². The van der Waals surface area contributed by atoms with Crippen LogP contribution in [0.15, 0.2) is 18.2 Å². The van der Waals surface area contributed by atoms with E-state index >= 15 is 0 Å². The number of nitrogens with zero attached hydrogens (tertiary/aromatic N) is 1. The summed E-state index contributed by atoms with van der Waals surface area (Å²) in [6.45, 7) is 4.35. The number of halogens is 1. The molecule has 0 bridgehead atoms. The number of benzene rings is 1. The van der Waals surface area contributed by atoms with E-state index in [0.717, 1.165) is 0 Å². The van der Waals surface area contributed by atoms with Gasteiger partial charge in [-0.1, -0.05) is 23.7 Å². The highest BCUT2D eigenvalue weighted by Gasteiger charge is 2.45. The van der Waals surface area contributed by atoms with Crippen molar-refractivity contribution in [1.82, 2.24) is 4.90 Å². The summed E-state index contributed by atoms with van der Waals surface area (Å²) >= 11 is 6.13. The number of aliphatic hydroxyl groups is 2. The van der Waals surface area contributed by atoms with Gasteiger partial charge in [0.15, 0.2) is 0 Å². The first-order chi connectivity index (χ1) is 8.88. The molecular formula is C14H20ClNO3. The molecule has 106 valence electrons. The van der Waals surface area contributed by atoms with Gasteiger partial charge in [-0.25, -0.2) is 0 Å². The van der Waals surface area contributed by atoms with E-state index in [2.05, 4.69) is 0 Å². The highest BCUT2D eigenvalue weighted by atomic mass is 35.5. The third-order valence-electron chi connectivity index (χ3n) is 3.62. The van der Waals surface area contributed by atoms with Crippen LogP contribution in [0.5, 0.6) is 5.75 Å². The fourth-order valence-electron chi connectivity index (χ4n) is 2.81. The van der Waals surface area contributed by atoms with Crippen LogP contribution in [-0.2, 0) is 0 Å². The highest BCUT2D eigenvalue weighted by molar-refractivity contribution is 6.32. The highest BCUT2D eigenvalue weighted by Crippen LogP contribution is 2.44. The quantitative estimate of drug-likeness (QED) is 0.890. The first kappa shape index (κ1) is 14.6. The average Bonchev–Trinajstić information content (AvgIpc) is 2.30. The second kappa shape index (κ2) is 5.29. The molecule has 2 unspecified atom stereocenters. The SMILES string of the molecule is CN(CCO)C1C(O)c2cccc(Cl)c2OC1(C)C. The summed E-state index contributed by atoms with van der Waals surface area (Å²) in [5, 5.41) is 20.2. The Morgan fingerprint density at radius 1 is 1.42 bits per heavy atom. The van der Waals surface area contributed by atoms with Crippen molar-refractivity contribution >= 4 is 11.6 Å². The van der Waals surface area contributed by atoms with Gasteiger partial charge in [-0.15, -0.1) is 0 Å². The second-order valence-electron chi connectivity index (χ2n) is 5.46. The molecule has 2 atom stereocenters. The van der Waals surface area contributed by atoms with Gasteiger partial charge in [-0.05, 0) is 27.0 Å². The first-order valence-corrected chi connectivity index (χ1v) is 6.73. The second-order valence-corrected chi connectivity index (χ2v) is 5.86. The van der Waals surface area contributed by atoms with Crippen LogP contribution in [0.4, 0.5) is 0 Å². The molecule has 0 amide bonds. The zero-order valence-corrected chi connectivity index (χ0v) is 12.2. The summed E-state index contributed by atoms with van der Waals surface area (Å²) in [6.07, 6.45) is -0.700. The van der Waals surface area contributed by atoms with Crippen molar-refractivity contribution in [3.8, 4) is 5.75 Å². The lowest BCUT2D eigenvalue weighted by atomic mass is 9.85. The van der Waals surface area contributed by atoms with Crippen molar-refractivity contribution in [3.63, 3.8) is 0 Å². The number of likely N-dealkylation sites (N-methyl/N-ethyl adjacent to an activating group) is 1. The fraction of sp³-hybridized carbons (Fsp3) is 0.571. The summed E-state index contributed by atoms with van der Waals surface area (Å²) in [5.41, 5.74) is 0.100. The maximum Gasteiger partial charge on any atom is 0.144 e. The van der Waals surface area contributed by atoms with Crippen molar-refractivity contribution in [2.45, 2.75) is 31.6 Å². The molecule has 0 aromatic heterocycles. The monoisotopic (exact) mass is 285 g/mol. The van der Waals surface area contributed by atoms with Crippen molar-refractivity contribution in [2.75, 3.05) is 20.2 Å². The Kier molecular flexibility index (Phi) is 4.06. The van der Waals surface area contributed by atoms with Gasteiger partial charge >= 0.3 is 0 Å². The van der Waals surface area contributed by atoms with E-state index in [0.29, 0.717) is 22.9 Å². The molecule has 5 heteroatoms. The van der Waals surface area contributed by atoms with Crippen LogP contribution < -0.4 is 4.74 Å². The summed E-state index contributed by atoms with van der Waals surface area (Å²) in [6, 6.07) is 5.13. The Morgan fingerprint density at radius 2 is 2.11 bits per heavy atom. The molecular weight excluding hydrogens is 266 g/mol. The van der Waals surface area contributed by atoms with Crippen molar-refractivity contribution in [2.24, 2.45) is 0 Å². The zero-order valence-electron chi connectivity index (χ0n) is 11.4. The minimum absolute atomic E-state index is 0.0399. The van der Waals surface area contributed by atoms with E-state index in [1.807, 2.05) is 31.9 Å². The van der Waals surface area contributed by atoms with E-state index < -0.39 is 11.7 Å². The maximum absolute atomic E-state index is 10.6. The van der Waals surface area contributed by atoms with Crippen LogP contribution in [0.3, 0.4) is 0 Å². The van der Waals surface area contributed by atoms with Crippen LogP contribution in [0, 0.1) is 0 Å². The Hall–Kier alpha value is -0.810. The number of fused-ring (bicyclic) bond motifs is 1. The zero-order chi connectivity index (χ0) is 14.2. The molecule has 0 saturated carbocycles. The van der Waals surface area contributed by atoms with Gasteiger partial charge in [0.1, 0.15) is 17.5 Å². The number of ether oxygens (including phenoxy) is 1. The molecule has 0 radical (unpaired) electrons. The Balaban J connectivity index is 2.43. The average molecular weight is 286 g/mol. The number of hydrogen-bond acceptors (Lipinski definition) is 4. The molecule has 4 nitrogen and oxygen atoms in total. The molecule has 1 aliphatic heterocycles. The van der Waals surface area contributed by atoms with Gasteiger partial charge in [-0.2, -0.15) is 0 Å². The standard InChI is InChI=1S/C14H20ClNO3/c1-14(2)13(16(3)7-8-17)11(18)9-5-4-6-10(15)12(9)19-14/h4-6,11,13,17-18H,7-8H2,1-3H3. The minimum atomic E-state index is -0.700. The summed E-state index contributed by atoms with van der Waals surface area (Å²) in [5.74, 6) is 0.551. The minimum Gasteiger partial charge on any atom is -0.484 e. The van der Waals surface area contributed by atoms with Crippen LogP contribution in [0.2, 0.25) is 5.02 Å². The molecule has 0 spiro atoms. The van der Waals surface area contributed by atoms with E-state index in [9.17, 15) is 5.11 Å².